The summed E-state index contributed by atoms with van der Waals surface area (Å²) >= 11 is 9.29. The van der Waals surface area contributed by atoms with Crippen molar-refractivity contribution in [1.29, 1.82) is 0 Å². The van der Waals surface area contributed by atoms with E-state index in [-0.39, 0.29) is 6.04 Å². The average molecular weight is 341 g/mol. The number of hydrogen-bond donors (Lipinski definition) is 1. The van der Waals surface area contributed by atoms with Gasteiger partial charge in [0.15, 0.2) is 0 Å². The molecule has 0 aliphatic rings. The maximum Gasteiger partial charge on any atom is 0.0554 e. The minimum absolute atomic E-state index is 0.145. The minimum Gasteiger partial charge on any atom is -0.320 e. The molecule has 1 atom stereocenters. The molecular formula is C16H19BrClN. The van der Waals surface area contributed by atoms with Gasteiger partial charge in [0.25, 0.3) is 0 Å². The smallest absolute Gasteiger partial charge is 0.0554 e. The molecule has 1 rings (SSSR count). The second kappa shape index (κ2) is 8.36. The molecule has 1 aromatic carbocycles. The van der Waals surface area contributed by atoms with E-state index in [0.717, 1.165) is 21.5 Å². The quantitative estimate of drug-likeness (QED) is 0.580. The molecule has 102 valence electrons. The van der Waals surface area contributed by atoms with Crippen molar-refractivity contribution in [2.45, 2.75) is 19.9 Å². The van der Waals surface area contributed by atoms with Crippen LogP contribution in [0.25, 0.3) is 0 Å². The van der Waals surface area contributed by atoms with E-state index in [9.17, 15) is 0 Å². The Morgan fingerprint density at radius 1 is 1.32 bits per heavy atom. The van der Waals surface area contributed by atoms with Crippen LogP contribution in [-0.2, 0) is 0 Å². The molecule has 0 radical (unpaired) electrons. The van der Waals surface area contributed by atoms with E-state index in [4.69, 9.17) is 17.3 Å². The van der Waals surface area contributed by atoms with Gasteiger partial charge in [0.1, 0.15) is 0 Å². The highest BCUT2D eigenvalue weighted by Gasteiger charge is 2.11. The first kappa shape index (κ1) is 16.2. The highest BCUT2D eigenvalue weighted by atomic mass is 79.9. The van der Waals surface area contributed by atoms with Crippen molar-refractivity contribution in [2.24, 2.45) is 5.73 Å². The third-order valence-corrected chi connectivity index (χ3v) is 3.45. The van der Waals surface area contributed by atoms with Crippen LogP contribution in [0.1, 0.15) is 25.5 Å². The summed E-state index contributed by atoms with van der Waals surface area (Å²) in [6.07, 6.45) is 8.22. The van der Waals surface area contributed by atoms with E-state index in [1.807, 2.05) is 37.3 Å². The number of benzene rings is 1. The Hall–Kier alpha value is -0.830. The molecule has 2 N–H and O–H groups in total. The third-order valence-electron chi connectivity index (χ3n) is 2.82. The first-order chi connectivity index (χ1) is 9.10. The molecule has 0 saturated carbocycles. The minimum atomic E-state index is -0.145. The maximum absolute atomic E-state index is 6.35. The number of allylic oxidation sites excluding steroid dienone is 4. The molecule has 1 aromatic rings. The molecule has 1 nitrogen and oxygen atoms in total. The van der Waals surface area contributed by atoms with Gasteiger partial charge >= 0.3 is 0 Å². The Balaban J connectivity index is 3.12. The van der Waals surface area contributed by atoms with E-state index in [2.05, 4.69) is 41.1 Å². The second-order valence-electron chi connectivity index (χ2n) is 4.22. The van der Waals surface area contributed by atoms with E-state index in [1.165, 1.54) is 5.57 Å². The predicted molar refractivity (Wildman–Crippen MR) is 88.8 cm³/mol. The Bertz CT molecular complexity index is 486. The molecule has 0 aromatic heterocycles. The Labute approximate surface area is 129 Å². The Morgan fingerprint density at radius 2 is 1.95 bits per heavy atom. The largest absolute Gasteiger partial charge is 0.320 e. The summed E-state index contributed by atoms with van der Waals surface area (Å²) in [5, 5.41) is 1.56. The Kier molecular flexibility index (Phi) is 7.14. The lowest BCUT2D eigenvalue weighted by Gasteiger charge is -2.16. The molecule has 3 heteroatoms. The number of hydrogen-bond acceptors (Lipinski definition) is 1. The summed E-state index contributed by atoms with van der Waals surface area (Å²) in [7, 11) is 0. The van der Waals surface area contributed by atoms with Crippen LogP contribution in [0, 0.1) is 0 Å². The molecular weight excluding hydrogens is 322 g/mol. The first-order valence-electron chi connectivity index (χ1n) is 6.17. The Morgan fingerprint density at radius 3 is 2.47 bits per heavy atom. The van der Waals surface area contributed by atoms with Crippen molar-refractivity contribution in [2.75, 3.05) is 5.33 Å². The summed E-state index contributed by atoms with van der Waals surface area (Å²) < 4.78 is 0. The summed E-state index contributed by atoms with van der Waals surface area (Å²) in [5.41, 5.74) is 9.69. The molecule has 0 amide bonds. The van der Waals surface area contributed by atoms with Crippen molar-refractivity contribution in [3.05, 3.63) is 70.3 Å². The van der Waals surface area contributed by atoms with Gasteiger partial charge in [-0.15, -0.1) is 0 Å². The number of nitrogens with two attached hydrogens (primary N) is 1. The summed E-state index contributed by atoms with van der Waals surface area (Å²) in [5.74, 6) is 0. The van der Waals surface area contributed by atoms with Crippen LogP contribution in [-0.4, -0.2) is 5.33 Å². The zero-order chi connectivity index (χ0) is 14.3. The van der Waals surface area contributed by atoms with E-state index in [1.54, 1.807) is 0 Å². The van der Waals surface area contributed by atoms with Gasteiger partial charge in [0.05, 0.1) is 6.04 Å². The van der Waals surface area contributed by atoms with Crippen molar-refractivity contribution in [3.8, 4) is 0 Å². The van der Waals surface area contributed by atoms with E-state index < -0.39 is 0 Å². The van der Waals surface area contributed by atoms with Crippen molar-refractivity contribution >= 4 is 27.5 Å². The van der Waals surface area contributed by atoms with Gasteiger partial charge < -0.3 is 5.73 Å². The molecule has 0 saturated heterocycles. The lowest BCUT2D eigenvalue weighted by atomic mass is 9.95. The van der Waals surface area contributed by atoms with Crippen LogP contribution < -0.4 is 5.73 Å². The molecule has 19 heavy (non-hydrogen) atoms. The van der Waals surface area contributed by atoms with Crippen molar-refractivity contribution in [3.63, 3.8) is 0 Å². The van der Waals surface area contributed by atoms with Crippen LogP contribution in [0.15, 0.2) is 59.7 Å². The normalized spacial score (nSPS) is 15.0. The van der Waals surface area contributed by atoms with Crippen LogP contribution in [0.3, 0.4) is 0 Å². The fourth-order valence-electron chi connectivity index (χ4n) is 1.83. The fourth-order valence-corrected chi connectivity index (χ4v) is 2.14. The van der Waals surface area contributed by atoms with Gasteiger partial charge in [-0.25, -0.2) is 0 Å². The second-order valence-corrected chi connectivity index (χ2v) is 5.31. The number of halogens is 2. The van der Waals surface area contributed by atoms with Crippen LogP contribution in [0.5, 0.6) is 0 Å². The van der Waals surface area contributed by atoms with Crippen LogP contribution in [0.2, 0.25) is 5.02 Å². The molecule has 0 aliphatic carbocycles. The van der Waals surface area contributed by atoms with E-state index >= 15 is 0 Å². The van der Waals surface area contributed by atoms with Gasteiger partial charge in [-0.3, -0.25) is 0 Å². The molecule has 0 bridgehead atoms. The SMILES string of the molecule is C\C=C/C(=C(C)\C=C/CBr)[C@H](N)c1ccc(Cl)cc1. The lowest BCUT2D eigenvalue weighted by Crippen LogP contribution is -2.13. The van der Waals surface area contributed by atoms with Gasteiger partial charge in [0, 0.05) is 10.4 Å². The molecule has 0 unspecified atom stereocenters. The average Bonchev–Trinajstić information content (AvgIpc) is 2.42. The highest BCUT2D eigenvalue weighted by molar-refractivity contribution is 9.09. The van der Waals surface area contributed by atoms with E-state index in [0.29, 0.717) is 0 Å². The van der Waals surface area contributed by atoms with Gasteiger partial charge in [0.2, 0.25) is 0 Å². The fraction of sp³-hybridized carbons (Fsp3) is 0.250. The summed E-state index contributed by atoms with van der Waals surface area (Å²) in [6, 6.07) is 7.53. The maximum atomic E-state index is 6.35. The lowest BCUT2D eigenvalue weighted by molar-refractivity contribution is 0.860. The van der Waals surface area contributed by atoms with Crippen LogP contribution in [0.4, 0.5) is 0 Å². The molecule has 0 heterocycles. The standard InChI is InChI=1S/C16H19BrClN/c1-3-5-15(12(2)6-4-11-17)16(19)13-7-9-14(18)10-8-13/h3-10,16H,11,19H2,1-2H3/b5-3-,6-4-,15-12+/t16-/m1/s1. The summed E-state index contributed by atoms with van der Waals surface area (Å²) in [4.78, 5) is 0. The van der Waals surface area contributed by atoms with Gasteiger partial charge in [-0.05, 0) is 42.7 Å². The molecule has 0 spiro atoms. The van der Waals surface area contributed by atoms with Gasteiger partial charge in [-0.2, -0.15) is 0 Å². The molecule has 0 aliphatic heterocycles. The van der Waals surface area contributed by atoms with Crippen LogP contribution >= 0.6 is 27.5 Å². The zero-order valence-corrected chi connectivity index (χ0v) is 13.6. The zero-order valence-electron chi connectivity index (χ0n) is 11.2. The van der Waals surface area contributed by atoms with Crippen molar-refractivity contribution in [1.82, 2.24) is 0 Å². The first-order valence-corrected chi connectivity index (χ1v) is 7.67. The van der Waals surface area contributed by atoms with Crippen molar-refractivity contribution < 1.29 is 0 Å². The number of alkyl halides is 1. The monoisotopic (exact) mass is 339 g/mol. The highest BCUT2D eigenvalue weighted by Crippen LogP contribution is 2.25. The topological polar surface area (TPSA) is 26.0 Å². The van der Waals surface area contributed by atoms with Gasteiger partial charge in [-0.1, -0.05) is 64.0 Å². The summed E-state index contributed by atoms with van der Waals surface area (Å²) in [6.45, 7) is 4.07. The number of rotatable bonds is 5. The molecule has 0 fully saturated rings. The third kappa shape index (κ3) is 4.98. The predicted octanol–water partition coefficient (Wildman–Crippen LogP) is 5.18.